The van der Waals surface area contributed by atoms with Crippen molar-refractivity contribution in [1.29, 1.82) is 0 Å². The molecular weight excluding hydrogens is 291 g/mol. The lowest BCUT2D eigenvalue weighted by Gasteiger charge is -2.29. The number of nitrogens with one attached hydrogen (secondary N) is 1. The third-order valence-corrected chi connectivity index (χ3v) is 4.96. The second-order valence-corrected chi connectivity index (χ2v) is 6.75. The Morgan fingerprint density at radius 2 is 2.04 bits per heavy atom. The minimum absolute atomic E-state index is 0.219. The molecule has 0 radical (unpaired) electrons. The second-order valence-electron chi connectivity index (χ2n) is 6.75. The van der Waals surface area contributed by atoms with Crippen molar-refractivity contribution in [3.05, 3.63) is 34.6 Å². The Morgan fingerprint density at radius 3 is 2.65 bits per heavy atom. The number of likely N-dealkylation sites (tertiary alicyclic amines) is 1. The van der Waals surface area contributed by atoms with Gasteiger partial charge in [0.15, 0.2) is 0 Å². The maximum absolute atomic E-state index is 13.7. The third-order valence-electron chi connectivity index (χ3n) is 4.96. The number of carbonyl (C=O) groups excluding carboxylic acids is 1. The normalized spacial score (nSPS) is 18.0. The van der Waals surface area contributed by atoms with Crippen LogP contribution in [0.15, 0.2) is 17.7 Å². The van der Waals surface area contributed by atoms with Gasteiger partial charge in [0.05, 0.1) is 0 Å². The summed E-state index contributed by atoms with van der Waals surface area (Å²) in [5.74, 6) is 0.740. The van der Waals surface area contributed by atoms with Gasteiger partial charge in [-0.1, -0.05) is 11.6 Å². The van der Waals surface area contributed by atoms with Crippen LogP contribution in [0, 0.1) is 18.7 Å². The molecule has 1 N–H and O–H groups in total. The highest BCUT2D eigenvalue weighted by atomic mass is 19.1. The van der Waals surface area contributed by atoms with E-state index in [0.717, 1.165) is 49.2 Å². The quantitative estimate of drug-likeness (QED) is 0.911. The summed E-state index contributed by atoms with van der Waals surface area (Å²) in [5, 5.41) is 3.04. The molecule has 0 aromatic heterocycles. The number of piperidine rings is 1. The molecule has 2 aliphatic rings. The van der Waals surface area contributed by atoms with E-state index < -0.39 is 0 Å². The van der Waals surface area contributed by atoms with Crippen molar-refractivity contribution >= 4 is 17.7 Å². The number of anilines is 1. The molecule has 1 aromatic carbocycles. The molecule has 1 amide bonds. The second kappa shape index (κ2) is 6.73. The number of hydrogen-bond donors (Lipinski definition) is 1. The van der Waals surface area contributed by atoms with E-state index in [2.05, 4.69) is 11.4 Å². The molecule has 1 heterocycles. The zero-order chi connectivity index (χ0) is 16.4. The van der Waals surface area contributed by atoms with Gasteiger partial charge >= 0.3 is 0 Å². The summed E-state index contributed by atoms with van der Waals surface area (Å²) in [4.78, 5) is 14.1. The number of nitrogens with zero attached hydrogens (tertiary/aromatic N) is 1. The zero-order valence-corrected chi connectivity index (χ0v) is 14.0. The van der Waals surface area contributed by atoms with Crippen molar-refractivity contribution in [3.8, 4) is 0 Å². The number of amides is 1. The number of rotatable bonds is 4. The third kappa shape index (κ3) is 3.92. The Bertz CT molecular complexity index is 625. The first-order chi connectivity index (χ1) is 11.1. The van der Waals surface area contributed by atoms with Gasteiger partial charge in [-0.2, -0.15) is 0 Å². The minimum atomic E-state index is -0.219. The number of halogens is 1. The molecule has 3 rings (SSSR count). The van der Waals surface area contributed by atoms with Gasteiger partial charge in [-0.3, -0.25) is 4.79 Å². The maximum Gasteiger partial charge on any atom is 0.222 e. The average Bonchev–Trinajstić information content (AvgIpc) is 3.35. The molecule has 4 heteroatoms. The Labute approximate surface area is 137 Å². The molecule has 1 aromatic rings. The zero-order valence-electron chi connectivity index (χ0n) is 14.0. The lowest BCUT2D eigenvalue weighted by Crippen LogP contribution is -2.36. The van der Waals surface area contributed by atoms with Gasteiger partial charge in [-0.25, -0.2) is 4.39 Å². The Balaban J connectivity index is 1.66. The van der Waals surface area contributed by atoms with Gasteiger partial charge in [-0.15, -0.1) is 0 Å². The van der Waals surface area contributed by atoms with Crippen LogP contribution in [0.1, 0.15) is 43.2 Å². The molecule has 3 nitrogen and oxygen atoms in total. The van der Waals surface area contributed by atoms with Gasteiger partial charge in [0.2, 0.25) is 5.91 Å². The van der Waals surface area contributed by atoms with Crippen LogP contribution in [0.25, 0.3) is 6.08 Å². The van der Waals surface area contributed by atoms with Crippen molar-refractivity contribution in [2.45, 2.75) is 39.0 Å². The SMILES string of the molecule is CNc1cc(F)cc(C=C2CCN(C(=O)CC3CC3)CC2)c1C. The first-order valence-electron chi connectivity index (χ1n) is 8.52. The lowest BCUT2D eigenvalue weighted by atomic mass is 9.97. The van der Waals surface area contributed by atoms with E-state index in [-0.39, 0.29) is 5.82 Å². The molecule has 0 unspecified atom stereocenters. The summed E-state index contributed by atoms with van der Waals surface area (Å²) in [5.41, 5.74) is 4.13. The fourth-order valence-corrected chi connectivity index (χ4v) is 3.22. The number of benzene rings is 1. The van der Waals surface area contributed by atoms with Crippen molar-refractivity contribution in [1.82, 2.24) is 4.90 Å². The molecule has 1 aliphatic heterocycles. The van der Waals surface area contributed by atoms with E-state index in [0.29, 0.717) is 11.8 Å². The van der Waals surface area contributed by atoms with Crippen LogP contribution in [0.2, 0.25) is 0 Å². The van der Waals surface area contributed by atoms with Gasteiger partial charge in [0.1, 0.15) is 5.82 Å². The van der Waals surface area contributed by atoms with Crippen molar-refractivity contribution in [2.75, 3.05) is 25.5 Å². The summed E-state index contributed by atoms with van der Waals surface area (Å²) in [7, 11) is 1.81. The summed E-state index contributed by atoms with van der Waals surface area (Å²) >= 11 is 0. The van der Waals surface area contributed by atoms with Gasteiger partial charge < -0.3 is 10.2 Å². The first-order valence-corrected chi connectivity index (χ1v) is 8.52. The summed E-state index contributed by atoms with van der Waals surface area (Å²) in [6.45, 7) is 3.60. The molecule has 124 valence electrons. The Morgan fingerprint density at radius 1 is 1.35 bits per heavy atom. The van der Waals surface area contributed by atoms with Crippen LogP contribution in [0.5, 0.6) is 0 Å². The highest BCUT2D eigenvalue weighted by Crippen LogP contribution is 2.33. The van der Waals surface area contributed by atoms with Crippen LogP contribution in [0.3, 0.4) is 0 Å². The molecule has 2 fully saturated rings. The Kier molecular flexibility index (Phi) is 4.69. The van der Waals surface area contributed by atoms with Crippen molar-refractivity contribution < 1.29 is 9.18 Å². The predicted molar refractivity (Wildman–Crippen MR) is 91.8 cm³/mol. The topological polar surface area (TPSA) is 32.3 Å². The fourth-order valence-electron chi connectivity index (χ4n) is 3.22. The van der Waals surface area contributed by atoms with Gasteiger partial charge in [0.25, 0.3) is 0 Å². The minimum Gasteiger partial charge on any atom is -0.388 e. The van der Waals surface area contributed by atoms with E-state index >= 15 is 0 Å². The maximum atomic E-state index is 13.7. The highest BCUT2D eigenvalue weighted by Gasteiger charge is 2.28. The van der Waals surface area contributed by atoms with Crippen LogP contribution in [-0.4, -0.2) is 30.9 Å². The van der Waals surface area contributed by atoms with E-state index in [4.69, 9.17) is 0 Å². The van der Waals surface area contributed by atoms with Crippen LogP contribution in [-0.2, 0) is 4.79 Å². The molecule has 1 saturated carbocycles. The van der Waals surface area contributed by atoms with E-state index in [1.807, 2.05) is 18.9 Å². The fraction of sp³-hybridized carbons (Fsp3) is 0.526. The monoisotopic (exact) mass is 316 g/mol. The van der Waals surface area contributed by atoms with Gasteiger partial charge in [0, 0.05) is 32.2 Å². The highest BCUT2D eigenvalue weighted by molar-refractivity contribution is 5.77. The predicted octanol–water partition coefficient (Wildman–Crippen LogP) is 3.98. The summed E-state index contributed by atoms with van der Waals surface area (Å²) in [6.07, 6.45) is 7.05. The molecule has 1 aliphatic carbocycles. The molecule has 1 saturated heterocycles. The van der Waals surface area contributed by atoms with Crippen LogP contribution >= 0.6 is 0 Å². The summed E-state index contributed by atoms with van der Waals surface area (Å²) < 4.78 is 13.7. The first kappa shape index (κ1) is 16.0. The van der Waals surface area contributed by atoms with E-state index in [1.54, 1.807) is 6.07 Å². The van der Waals surface area contributed by atoms with Gasteiger partial charge in [-0.05, 0) is 61.8 Å². The molecule has 23 heavy (non-hydrogen) atoms. The van der Waals surface area contributed by atoms with Crippen molar-refractivity contribution in [2.24, 2.45) is 5.92 Å². The molecule has 0 bridgehead atoms. The standard InChI is InChI=1S/C19H25FN2O/c1-13-16(11-17(20)12-18(13)21-2)9-15-5-7-22(8-6-15)19(23)10-14-3-4-14/h9,11-12,14,21H,3-8,10H2,1-2H3. The molecule has 0 spiro atoms. The van der Waals surface area contributed by atoms with Crippen LogP contribution in [0.4, 0.5) is 10.1 Å². The lowest BCUT2D eigenvalue weighted by molar-refractivity contribution is -0.132. The average molecular weight is 316 g/mol. The Hall–Kier alpha value is -1.84. The molecule has 0 atom stereocenters. The van der Waals surface area contributed by atoms with Crippen molar-refractivity contribution in [3.63, 3.8) is 0 Å². The number of hydrogen-bond acceptors (Lipinski definition) is 2. The largest absolute Gasteiger partial charge is 0.388 e. The van der Waals surface area contributed by atoms with E-state index in [1.165, 1.54) is 24.5 Å². The smallest absolute Gasteiger partial charge is 0.222 e. The number of carbonyl (C=O) groups is 1. The molecular formula is C19H25FN2O. The van der Waals surface area contributed by atoms with E-state index in [9.17, 15) is 9.18 Å². The van der Waals surface area contributed by atoms with Crippen LogP contribution < -0.4 is 5.32 Å². The summed E-state index contributed by atoms with van der Waals surface area (Å²) in [6, 6.07) is 3.12.